The summed E-state index contributed by atoms with van der Waals surface area (Å²) in [7, 11) is 1.84. The van der Waals surface area contributed by atoms with Gasteiger partial charge in [-0.15, -0.1) is 10.2 Å². The highest BCUT2D eigenvalue weighted by Gasteiger charge is 2.10. The molecule has 2 N–H and O–H groups in total. The van der Waals surface area contributed by atoms with Gasteiger partial charge in [-0.25, -0.2) is 0 Å². The van der Waals surface area contributed by atoms with Gasteiger partial charge in [-0.2, -0.15) is 0 Å². The van der Waals surface area contributed by atoms with Gasteiger partial charge in [-0.05, 0) is 30.2 Å². The minimum absolute atomic E-state index is 0.167. The van der Waals surface area contributed by atoms with E-state index in [1.54, 1.807) is 12.1 Å². The molecule has 0 radical (unpaired) electrons. The van der Waals surface area contributed by atoms with Crippen molar-refractivity contribution in [3.8, 4) is 0 Å². The molecule has 2 aromatic rings. The molecule has 0 aliphatic carbocycles. The number of hydrogen-bond acceptors (Lipinski definition) is 5. The highest BCUT2D eigenvalue weighted by atomic mass is 32.1. The summed E-state index contributed by atoms with van der Waals surface area (Å²) in [5.41, 5.74) is 1.57. The molecule has 0 saturated carbocycles. The number of anilines is 2. The Labute approximate surface area is 122 Å². The Hall–Kier alpha value is -1.95. The number of amides is 1. The predicted molar refractivity (Wildman–Crippen MR) is 82.4 cm³/mol. The van der Waals surface area contributed by atoms with E-state index in [2.05, 4.69) is 34.7 Å². The molecule has 20 heavy (non-hydrogen) atoms. The van der Waals surface area contributed by atoms with Crippen molar-refractivity contribution in [2.45, 2.75) is 20.3 Å². The summed E-state index contributed by atoms with van der Waals surface area (Å²) < 4.78 is 0. The van der Waals surface area contributed by atoms with E-state index in [0.29, 0.717) is 16.6 Å². The van der Waals surface area contributed by atoms with Gasteiger partial charge in [0.05, 0.1) is 0 Å². The molecule has 0 unspecified atom stereocenters. The first kappa shape index (κ1) is 14.5. The van der Waals surface area contributed by atoms with Gasteiger partial charge < -0.3 is 5.32 Å². The first-order valence-corrected chi connectivity index (χ1v) is 7.31. The molecular formula is C14H18N4OS. The molecule has 1 aromatic heterocycles. The summed E-state index contributed by atoms with van der Waals surface area (Å²) in [5, 5.41) is 15.3. The molecule has 5 nitrogen and oxygen atoms in total. The van der Waals surface area contributed by atoms with Gasteiger partial charge >= 0.3 is 0 Å². The van der Waals surface area contributed by atoms with Crippen LogP contribution in [0, 0.1) is 5.92 Å². The number of benzene rings is 1. The fourth-order valence-electron chi connectivity index (χ4n) is 1.69. The molecule has 0 saturated heterocycles. The largest absolute Gasteiger partial charge is 0.388 e. The first-order chi connectivity index (χ1) is 9.58. The normalized spacial score (nSPS) is 10.6. The van der Waals surface area contributed by atoms with Crippen LogP contribution in [0.15, 0.2) is 24.3 Å². The van der Waals surface area contributed by atoms with Crippen LogP contribution >= 0.6 is 11.3 Å². The fraction of sp³-hybridized carbons (Fsp3) is 0.357. The van der Waals surface area contributed by atoms with Crippen LogP contribution in [0.4, 0.5) is 10.8 Å². The van der Waals surface area contributed by atoms with Gasteiger partial charge in [0.1, 0.15) is 5.01 Å². The minimum Gasteiger partial charge on any atom is -0.388 e. The molecule has 0 aliphatic rings. The smallest absolute Gasteiger partial charge is 0.257 e. The van der Waals surface area contributed by atoms with Gasteiger partial charge in [0.15, 0.2) is 0 Å². The summed E-state index contributed by atoms with van der Waals surface area (Å²) in [6.07, 6.45) is 0.879. The Kier molecular flexibility index (Phi) is 4.68. The van der Waals surface area contributed by atoms with E-state index in [4.69, 9.17) is 0 Å². The molecule has 1 aromatic carbocycles. The van der Waals surface area contributed by atoms with Crippen molar-refractivity contribution in [3.63, 3.8) is 0 Å². The molecule has 0 bridgehead atoms. The average molecular weight is 290 g/mol. The Morgan fingerprint density at radius 1 is 1.25 bits per heavy atom. The van der Waals surface area contributed by atoms with Crippen LogP contribution in [0.1, 0.15) is 29.2 Å². The zero-order valence-electron chi connectivity index (χ0n) is 11.8. The molecule has 1 amide bonds. The molecule has 0 fully saturated rings. The molecule has 6 heteroatoms. The second-order valence-electron chi connectivity index (χ2n) is 4.88. The summed E-state index contributed by atoms with van der Waals surface area (Å²) in [6.45, 7) is 4.26. The van der Waals surface area contributed by atoms with Gasteiger partial charge in [-0.3, -0.25) is 10.1 Å². The lowest BCUT2D eigenvalue weighted by Gasteiger charge is -2.03. The van der Waals surface area contributed by atoms with Gasteiger partial charge in [0.2, 0.25) is 5.13 Å². The number of carbonyl (C=O) groups is 1. The van der Waals surface area contributed by atoms with Crippen molar-refractivity contribution < 1.29 is 4.79 Å². The second-order valence-corrected chi connectivity index (χ2v) is 5.94. The third kappa shape index (κ3) is 3.77. The summed E-state index contributed by atoms with van der Waals surface area (Å²) in [5.74, 6) is 0.362. The van der Waals surface area contributed by atoms with Crippen LogP contribution in [-0.4, -0.2) is 23.2 Å². The monoisotopic (exact) mass is 290 g/mol. The van der Waals surface area contributed by atoms with E-state index in [1.807, 2.05) is 19.2 Å². The van der Waals surface area contributed by atoms with Crippen LogP contribution in [0.5, 0.6) is 0 Å². The Morgan fingerprint density at radius 3 is 2.55 bits per heavy atom. The number of hydrogen-bond donors (Lipinski definition) is 2. The van der Waals surface area contributed by atoms with Crippen molar-refractivity contribution in [1.29, 1.82) is 0 Å². The predicted octanol–water partition coefficient (Wildman–Crippen LogP) is 3.03. The SMILES string of the molecule is CNc1ccc(C(=O)Nc2nnc(CC(C)C)s2)cc1. The topological polar surface area (TPSA) is 66.9 Å². The zero-order valence-corrected chi connectivity index (χ0v) is 12.6. The first-order valence-electron chi connectivity index (χ1n) is 6.50. The van der Waals surface area contributed by atoms with E-state index in [-0.39, 0.29) is 5.91 Å². The quantitative estimate of drug-likeness (QED) is 0.888. The molecule has 2 rings (SSSR count). The Bertz CT molecular complexity index is 577. The maximum Gasteiger partial charge on any atom is 0.257 e. The molecular weight excluding hydrogens is 272 g/mol. The lowest BCUT2D eigenvalue weighted by Crippen LogP contribution is -2.11. The number of nitrogens with zero attached hydrogens (tertiary/aromatic N) is 2. The molecule has 106 valence electrons. The number of rotatable bonds is 5. The molecule has 1 heterocycles. The van der Waals surface area contributed by atoms with E-state index in [9.17, 15) is 4.79 Å². The minimum atomic E-state index is -0.167. The zero-order chi connectivity index (χ0) is 14.5. The van der Waals surface area contributed by atoms with Crippen molar-refractivity contribution in [2.75, 3.05) is 17.7 Å². The molecule has 0 aliphatic heterocycles. The standard InChI is InChI=1S/C14H18N4OS/c1-9(2)8-12-17-18-14(20-12)16-13(19)10-4-6-11(15-3)7-5-10/h4-7,9,15H,8H2,1-3H3,(H,16,18,19). The summed E-state index contributed by atoms with van der Waals surface area (Å²) in [4.78, 5) is 12.1. The maximum absolute atomic E-state index is 12.1. The van der Waals surface area contributed by atoms with Gasteiger partial charge in [0, 0.05) is 24.7 Å². The number of nitrogens with one attached hydrogen (secondary N) is 2. The lowest BCUT2D eigenvalue weighted by molar-refractivity contribution is 0.102. The Balaban J connectivity index is 2.01. The van der Waals surface area contributed by atoms with Crippen LogP contribution in [0.2, 0.25) is 0 Å². The summed E-state index contributed by atoms with van der Waals surface area (Å²) in [6, 6.07) is 7.27. The van der Waals surface area contributed by atoms with Crippen LogP contribution < -0.4 is 10.6 Å². The van der Waals surface area contributed by atoms with E-state index < -0.39 is 0 Å². The van der Waals surface area contributed by atoms with Gasteiger partial charge in [-0.1, -0.05) is 25.2 Å². The highest BCUT2D eigenvalue weighted by molar-refractivity contribution is 7.15. The highest BCUT2D eigenvalue weighted by Crippen LogP contribution is 2.19. The third-order valence-electron chi connectivity index (χ3n) is 2.71. The van der Waals surface area contributed by atoms with Crippen LogP contribution in [-0.2, 0) is 6.42 Å². The number of aromatic nitrogens is 2. The average Bonchev–Trinajstić information content (AvgIpc) is 2.85. The fourth-order valence-corrected chi connectivity index (χ4v) is 2.64. The van der Waals surface area contributed by atoms with Crippen molar-refractivity contribution >= 4 is 28.1 Å². The second kappa shape index (κ2) is 6.47. The van der Waals surface area contributed by atoms with E-state index >= 15 is 0 Å². The lowest BCUT2D eigenvalue weighted by atomic mass is 10.1. The molecule has 0 spiro atoms. The van der Waals surface area contributed by atoms with Crippen LogP contribution in [0.3, 0.4) is 0 Å². The molecule has 0 atom stereocenters. The van der Waals surface area contributed by atoms with E-state index in [1.165, 1.54) is 11.3 Å². The van der Waals surface area contributed by atoms with Crippen LogP contribution in [0.25, 0.3) is 0 Å². The Morgan fingerprint density at radius 2 is 1.95 bits per heavy atom. The van der Waals surface area contributed by atoms with Gasteiger partial charge in [0.25, 0.3) is 5.91 Å². The number of carbonyl (C=O) groups excluding carboxylic acids is 1. The van der Waals surface area contributed by atoms with E-state index in [0.717, 1.165) is 17.1 Å². The third-order valence-corrected chi connectivity index (χ3v) is 3.57. The van der Waals surface area contributed by atoms with Crippen molar-refractivity contribution in [1.82, 2.24) is 10.2 Å². The summed E-state index contributed by atoms with van der Waals surface area (Å²) >= 11 is 1.43. The maximum atomic E-state index is 12.1. The van der Waals surface area contributed by atoms with Crippen molar-refractivity contribution in [3.05, 3.63) is 34.8 Å². The van der Waals surface area contributed by atoms with Crippen molar-refractivity contribution in [2.24, 2.45) is 5.92 Å².